The highest BCUT2D eigenvalue weighted by atomic mass is 16.5. The summed E-state index contributed by atoms with van der Waals surface area (Å²) in [6, 6.07) is 1.50. The van der Waals surface area contributed by atoms with Gasteiger partial charge in [0.15, 0.2) is 11.4 Å². The molecule has 1 amide bonds. The minimum atomic E-state index is -2.57. The maximum absolute atomic E-state index is 13.7. The molecule has 6 N–H and O–H groups in total. The van der Waals surface area contributed by atoms with E-state index in [1.54, 1.807) is 0 Å². The quantitative estimate of drug-likeness (QED) is 0.318. The van der Waals surface area contributed by atoms with Crippen molar-refractivity contribution in [3.8, 4) is 11.5 Å². The van der Waals surface area contributed by atoms with Gasteiger partial charge in [-0.15, -0.1) is 0 Å². The van der Waals surface area contributed by atoms with Crippen molar-refractivity contribution < 1.29 is 39.5 Å². The lowest BCUT2D eigenvalue weighted by atomic mass is 9.60. The molecule has 1 unspecified atom stereocenters. The van der Waals surface area contributed by atoms with E-state index in [0.29, 0.717) is 17.9 Å². The minimum Gasteiger partial charge on any atom is -0.511 e. The Morgan fingerprint density at radius 3 is 2.50 bits per heavy atom. The predicted molar refractivity (Wildman–Crippen MR) is 145 cm³/mol. The molecule has 10 heteroatoms. The number of carbonyl (C=O) groups is 3. The van der Waals surface area contributed by atoms with Crippen LogP contribution in [0.4, 0.5) is 0 Å². The molecule has 1 aromatic rings. The van der Waals surface area contributed by atoms with Gasteiger partial charge in [-0.05, 0) is 50.8 Å². The Hall–Kier alpha value is -3.37. The normalized spacial score (nSPS) is 27.0. The van der Waals surface area contributed by atoms with Crippen LogP contribution >= 0.6 is 0 Å². The van der Waals surface area contributed by atoms with Crippen molar-refractivity contribution in [2.24, 2.45) is 23.5 Å². The Balaban J connectivity index is 1.47. The van der Waals surface area contributed by atoms with Crippen LogP contribution in [0.3, 0.4) is 0 Å². The maximum atomic E-state index is 13.7. The predicted octanol–water partition coefficient (Wildman–Crippen LogP) is 2.99. The zero-order valence-electron chi connectivity index (χ0n) is 23.0. The molecular weight excluding hydrogens is 516 g/mol. The number of nitrogens with zero attached hydrogens (tertiary/aromatic N) is 1. The molecule has 0 radical (unpaired) electrons. The molecular formula is C30H38N2O8. The van der Waals surface area contributed by atoms with Crippen molar-refractivity contribution in [2.45, 2.75) is 69.9 Å². The summed E-state index contributed by atoms with van der Waals surface area (Å²) in [5, 5.41) is 43.9. The van der Waals surface area contributed by atoms with E-state index in [0.717, 1.165) is 24.4 Å². The largest absolute Gasteiger partial charge is 0.511 e. The number of primary amides is 1. The van der Waals surface area contributed by atoms with E-state index in [4.69, 9.17) is 10.5 Å². The molecule has 40 heavy (non-hydrogen) atoms. The molecule has 216 valence electrons. The summed E-state index contributed by atoms with van der Waals surface area (Å²) in [6.45, 7) is 1.40. The fourth-order valence-electron chi connectivity index (χ4n) is 7.35. The van der Waals surface area contributed by atoms with E-state index in [1.165, 1.54) is 45.3 Å². The molecule has 4 aliphatic rings. The van der Waals surface area contributed by atoms with E-state index in [-0.39, 0.29) is 36.1 Å². The number of carbonyl (C=O) groups excluding carboxylic acids is 3. The molecule has 1 aromatic carbocycles. The number of nitrogens with two attached hydrogens (primary N) is 1. The van der Waals surface area contributed by atoms with Crippen LogP contribution in [-0.2, 0) is 22.6 Å². The molecule has 0 heterocycles. The summed E-state index contributed by atoms with van der Waals surface area (Å²) >= 11 is 0. The van der Waals surface area contributed by atoms with Crippen LogP contribution in [0.25, 0.3) is 0 Å². The second-order valence-corrected chi connectivity index (χ2v) is 11.9. The Labute approximate surface area is 233 Å². The third-order valence-electron chi connectivity index (χ3n) is 9.38. The third-order valence-corrected chi connectivity index (χ3v) is 9.38. The highest BCUT2D eigenvalue weighted by Gasteiger charge is 2.59. The molecule has 0 spiro atoms. The number of aromatic hydroxyl groups is 1. The number of aliphatic hydroxyl groups is 3. The van der Waals surface area contributed by atoms with E-state index >= 15 is 0 Å². The second-order valence-electron chi connectivity index (χ2n) is 11.9. The average molecular weight is 555 g/mol. The number of Topliss-reactive ketones (excluding diaryl/α,β-unsaturated/α-hetero) is 2. The number of methoxy groups -OCH3 is 1. The van der Waals surface area contributed by atoms with Crippen molar-refractivity contribution in [3.63, 3.8) is 0 Å². The van der Waals surface area contributed by atoms with Crippen molar-refractivity contribution in [2.75, 3.05) is 20.7 Å². The number of allylic oxidation sites excluding steroid dienone is 2. The first-order valence-electron chi connectivity index (χ1n) is 14.1. The molecule has 5 rings (SSSR count). The molecule has 3 atom stereocenters. The number of phenols is 1. The summed E-state index contributed by atoms with van der Waals surface area (Å²) < 4.78 is 5.78. The number of rotatable bonds is 7. The third kappa shape index (κ3) is 4.47. The van der Waals surface area contributed by atoms with Gasteiger partial charge in [0.05, 0.1) is 12.7 Å². The summed E-state index contributed by atoms with van der Waals surface area (Å²) in [6.07, 6.45) is 7.56. The number of fused-ring (bicyclic) bond motifs is 3. The number of aliphatic hydroxyl groups excluding tert-OH is 2. The van der Waals surface area contributed by atoms with Crippen molar-refractivity contribution in [3.05, 3.63) is 45.4 Å². The van der Waals surface area contributed by atoms with Crippen LogP contribution in [0.1, 0.15) is 72.9 Å². The Morgan fingerprint density at radius 2 is 1.85 bits per heavy atom. The number of ether oxygens (including phenoxy) is 1. The lowest BCUT2D eigenvalue weighted by molar-refractivity contribution is -0.144. The summed E-state index contributed by atoms with van der Waals surface area (Å²) in [7, 11) is 3.53. The van der Waals surface area contributed by atoms with Gasteiger partial charge in [-0.2, -0.15) is 0 Å². The van der Waals surface area contributed by atoms with Crippen LogP contribution in [0, 0.1) is 17.8 Å². The lowest BCUT2D eigenvalue weighted by Gasteiger charge is -2.45. The van der Waals surface area contributed by atoms with Gasteiger partial charge < -0.3 is 35.8 Å². The highest BCUT2D eigenvalue weighted by Crippen LogP contribution is 2.52. The minimum absolute atomic E-state index is 0.0397. The van der Waals surface area contributed by atoms with Gasteiger partial charge in [0.25, 0.3) is 5.91 Å². The topological polar surface area (TPSA) is 171 Å². The number of ketones is 2. The molecule has 1 saturated carbocycles. The second kappa shape index (κ2) is 10.6. The molecule has 0 aromatic heterocycles. The van der Waals surface area contributed by atoms with Gasteiger partial charge in [0.2, 0.25) is 5.78 Å². The first kappa shape index (κ1) is 28.2. The smallest absolute Gasteiger partial charge is 0.255 e. The molecule has 1 fully saturated rings. The zero-order valence-corrected chi connectivity index (χ0v) is 23.0. The van der Waals surface area contributed by atoms with Crippen molar-refractivity contribution >= 4 is 17.5 Å². The summed E-state index contributed by atoms with van der Waals surface area (Å²) in [5.41, 5.74) is 2.92. The van der Waals surface area contributed by atoms with Crippen molar-refractivity contribution in [1.29, 1.82) is 0 Å². The summed E-state index contributed by atoms with van der Waals surface area (Å²) in [5.74, 6) is -5.19. The number of phenolic OH excluding ortho intramolecular Hbond substituents is 1. The van der Waals surface area contributed by atoms with E-state index in [2.05, 4.69) is 4.90 Å². The van der Waals surface area contributed by atoms with Gasteiger partial charge >= 0.3 is 0 Å². The fourth-order valence-corrected chi connectivity index (χ4v) is 7.35. The average Bonchev–Trinajstić information content (AvgIpc) is 2.90. The van der Waals surface area contributed by atoms with Crippen LogP contribution in [0.15, 0.2) is 28.7 Å². The van der Waals surface area contributed by atoms with Gasteiger partial charge in [0.1, 0.15) is 28.6 Å². The van der Waals surface area contributed by atoms with Crippen LogP contribution in [0.5, 0.6) is 11.5 Å². The monoisotopic (exact) mass is 554 g/mol. The van der Waals surface area contributed by atoms with Crippen LogP contribution in [0.2, 0.25) is 0 Å². The standard InChI is InChI=1S/C30H38N2O8/c1-32(9-8-15-6-4-3-5-7-15)14-17-12-20(33)23-19(26(17)40-2)11-16-10-18-13-21(34)24(29(31)38)28(37)30(18,39)27(36)22(16)25(23)35/h12,15-16,18,33-34,36,39H,3-11,13-14H2,1-2H3,(H2,31,38)/t16?,18-,30-/m0/s1. The molecule has 0 aliphatic heterocycles. The van der Waals surface area contributed by atoms with Crippen LogP contribution < -0.4 is 10.5 Å². The molecule has 4 aliphatic carbocycles. The lowest BCUT2D eigenvalue weighted by Crippen LogP contribution is -2.57. The Kier molecular flexibility index (Phi) is 7.43. The van der Waals surface area contributed by atoms with E-state index < -0.39 is 52.0 Å². The fraction of sp³-hybridized carbons (Fsp3) is 0.567. The Bertz CT molecular complexity index is 1330. The van der Waals surface area contributed by atoms with Gasteiger partial charge in [-0.25, -0.2) is 0 Å². The summed E-state index contributed by atoms with van der Waals surface area (Å²) in [4.78, 5) is 40.8. The molecule has 0 saturated heterocycles. The van der Waals surface area contributed by atoms with E-state index in [9.17, 15) is 34.8 Å². The van der Waals surface area contributed by atoms with Crippen molar-refractivity contribution in [1.82, 2.24) is 4.90 Å². The Morgan fingerprint density at radius 1 is 1.15 bits per heavy atom. The number of hydrogen-bond acceptors (Lipinski definition) is 9. The zero-order chi connectivity index (χ0) is 28.9. The van der Waals surface area contributed by atoms with Gasteiger partial charge in [-0.1, -0.05) is 32.1 Å². The molecule has 0 bridgehead atoms. The molecule has 10 nitrogen and oxygen atoms in total. The highest BCUT2D eigenvalue weighted by molar-refractivity contribution is 6.24. The SMILES string of the molecule is COc1c(CN(C)CCC2CCCCC2)cc(O)c2c1CC1C[C@H]3CC(O)=C(C(N)=O)C(=O)[C@@]3(O)C(O)=C1C2=O. The number of hydrogen-bond donors (Lipinski definition) is 5. The van der Waals surface area contributed by atoms with E-state index in [1.807, 2.05) is 7.05 Å². The van der Waals surface area contributed by atoms with Gasteiger partial charge in [0, 0.05) is 35.6 Å². The van der Waals surface area contributed by atoms with Gasteiger partial charge in [-0.3, -0.25) is 14.4 Å². The maximum Gasteiger partial charge on any atom is 0.255 e. The first-order valence-corrected chi connectivity index (χ1v) is 14.1. The number of benzene rings is 1. The van der Waals surface area contributed by atoms with Crippen LogP contribution in [-0.4, -0.2) is 69.1 Å². The first-order chi connectivity index (χ1) is 19.0. The number of amides is 1.